The summed E-state index contributed by atoms with van der Waals surface area (Å²) in [6.45, 7) is 40.3. The third-order valence-corrected chi connectivity index (χ3v) is 6.95. The largest absolute Gasteiger partial charge is 0.103 e. The molecule has 0 unspecified atom stereocenters. The van der Waals surface area contributed by atoms with Crippen molar-refractivity contribution in [1.29, 1.82) is 0 Å². The zero-order valence-corrected chi connectivity index (χ0v) is 36.3. The van der Waals surface area contributed by atoms with E-state index in [1.165, 1.54) is 22.3 Å². The molecule has 0 spiro atoms. The quantitative estimate of drug-likeness (QED) is 0.282. The van der Waals surface area contributed by atoms with Crippen LogP contribution in [-0.2, 0) is 25.7 Å². The van der Waals surface area contributed by atoms with Crippen LogP contribution in [0.5, 0.6) is 0 Å². The van der Waals surface area contributed by atoms with Gasteiger partial charge in [0.2, 0.25) is 0 Å². The third kappa shape index (κ3) is 32.3. The van der Waals surface area contributed by atoms with Crippen LogP contribution in [0.25, 0.3) is 0 Å². The van der Waals surface area contributed by atoms with Crippen LogP contribution in [0.2, 0.25) is 0 Å². The van der Waals surface area contributed by atoms with E-state index in [1.807, 2.05) is 0 Å². The Morgan fingerprint density at radius 2 is 0.480 bits per heavy atom. The summed E-state index contributed by atoms with van der Waals surface area (Å²) in [6.07, 6.45) is 7.93. The van der Waals surface area contributed by atoms with Crippen molar-refractivity contribution in [1.82, 2.24) is 0 Å². The van der Waals surface area contributed by atoms with Gasteiger partial charge in [0.25, 0.3) is 0 Å². The molecule has 50 heavy (non-hydrogen) atoms. The van der Waals surface area contributed by atoms with Crippen LogP contribution in [0.1, 0.15) is 173 Å². The minimum absolute atomic E-state index is 0.309. The van der Waals surface area contributed by atoms with Crippen molar-refractivity contribution in [3.8, 4) is 35.5 Å². The lowest BCUT2D eigenvalue weighted by atomic mass is 9.88. The van der Waals surface area contributed by atoms with Crippen LogP contribution in [0, 0.1) is 68.0 Å². The van der Waals surface area contributed by atoms with E-state index in [1.54, 1.807) is 0 Å². The Labute approximate surface area is 313 Å². The number of benzene rings is 2. The van der Waals surface area contributed by atoms with Gasteiger partial charge < -0.3 is 0 Å². The highest BCUT2D eigenvalue weighted by atomic mass is 14.2. The lowest BCUT2D eigenvalue weighted by Gasteiger charge is -2.18. The number of rotatable bonds is 4. The molecule has 2 aromatic rings. The van der Waals surface area contributed by atoms with Crippen molar-refractivity contribution in [3.63, 3.8) is 0 Å². The maximum absolute atomic E-state index is 3.28. The van der Waals surface area contributed by atoms with Crippen LogP contribution in [-0.4, -0.2) is 0 Å². The summed E-state index contributed by atoms with van der Waals surface area (Å²) >= 11 is 0. The number of hydrogen-bond donors (Lipinski definition) is 0. The molecule has 278 valence electrons. The first kappa shape index (κ1) is 47.1. The highest BCUT2D eigenvalue weighted by Crippen LogP contribution is 2.23. The van der Waals surface area contributed by atoms with E-state index in [4.69, 9.17) is 0 Å². The molecule has 0 bridgehead atoms. The van der Waals surface area contributed by atoms with Gasteiger partial charge in [-0.2, -0.15) is 0 Å². The molecule has 0 amide bonds. The van der Waals surface area contributed by atoms with Crippen LogP contribution in [0.15, 0.2) is 48.5 Å². The first-order valence-corrected chi connectivity index (χ1v) is 19.0. The molecule has 0 aliphatic heterocycles. The van der Waals surface area contributed by atoms with Gasteiger partial charge in [-0.15, -0.1) is 23.7 Å². The second-order valence-corrected chi connectivity index (χ2v) is 21.5. The third-order valence-electron chi connectivity index (χ3n) is 6.95. The second-order valence-electron chi connectivity index (χ2n) is 21.5. The fourth-order valence-electron chi connectivity index (χ4n) is 4.41. The molecule has 0 aliphatic carbocycles. The Balaban J connectivity index is 0.000000742. The molecule has 0 fully saturated rings. The van der Waals surface area contributed by atoms with Gasteiger partial charge in [-0.3, -0.25) is 0 Å². The summed E-state index contributed by atoms with van der Waals surface area (Å²) in [7, 11) is 0. The van der Waals surface area contributed by atoms with Crippen molar-refractivity contribution < 1.29 is 0 Å². The van der Waals surface area contributed by atoms with Gasteiger partial charge >= 0.3 is 0 Å². The first-order chi connectivity index (χ1) is 22.5. The maximum atomic E-state index is 3.28. The average Bonchev–Trinajstić information content (AvgIpc) is 2.90. The molecule has 0 heterocycles. The average molecular weight is 679 g/mol. The van der Waals surface area contributed by atoms with E-state index < -0.39 is 0 Å². The van der Waals surface area contributed by atoms with E-state index in [0.717, 1.165) is 51.4 Å². The predicted molar refractivity (Wildman–Crippen MR) is 226 cm³/mol. The van der Waals surface area contributed by atoms with Crippen molar-refractivity contribution in [2.75, 3.05) is 0 Å². The zero-order valence-electron chi connectivity index (χ0n) is 36.3. The zero-order chi connectivity index (χ0) is 38.9. The minimum atomic E-state index is 0.309. The number of hydrogen-bond acceptors (Lipinski definition) is 0. The monoisotopic (exact) mass is 679 g/mol. The summed E-state index contributed by atoms with van der Waals surface area (Å²) in [4.78, 5) is 0. The molecule has 0 N–H and O–H groups in total. The summed E-state index contributed by atoms with van der Waals surface area (Å²) in [6, 6.07) is 17.8. The Kier molecular flexibility index (Phi) is 19.6. The summed E-state index contributed by atoms with van der Waals surface area (Å²) in [5.74, 6) is 19.6. The Bertz CT molecular complexity index is 1290. The van der Waals surface area contributed by atoms with Gasteiger partial charge in [0, 0.05) is 38.5 Å². The van der Waals surface area contributed by atoms with E-state index in [0.29, 0.717) is 32.5 Å². The molecular weight excluding hydrogens is 601 g/mol. The van der Waals surface area contributed by atoms with E-state index in [-0.39, 0.29) is 0 Å². The molecule has 0 aromatic heterocycles. The van der Waals surface area contributed by atoms with Gasteiger partial charge in [-0.1, -0.05) is 185 Å². The molecule has 0 aliphatic rings. The molecule has 0 atom stereocenters. The van der Waals surface area contributed by atoms with Gasteiger partial charge in [0.05, 0.1) is 0 Å². The lowest BCUT2D eigenvalue weighted by molar-refractivity contribution is 0.411. The molecule has 0 heteroatoms. The molecule has 2 aromatic carbocycles. The van der Waals surface area contributed by atoms with Crippen molar-refractivity contribution in [2.24, 2.45) is 32.5 Å². The molecule has 0 radical (unpaired) electrons. The van der Waals surface area contributed by atoms with Crippen molar-refractivity contribution in [3.05, 3.63) is 70.8 Å². The first-order valence-electron chi connectivity index (χ1n) is 19.0. The Morgan fingerprint density at radius 1 is 0.280 bits per heavy atom. The van der Waals surface area contributed by atoms with Crippen LogP contribution >= 0.6 is 0 Å². The standard InChI is InChI=1S/2C19H28.C12H22/c2*1-18(2,3)14-8-7-9-16-10-12-17(13-11-16)15-19(4,5)6;1-11(2,3)9-7-8-10-12(4,5)6/h2*10-13H,9,14-15H2,1-6H3;9-10H2,1-6H3. The van der Waals surface area contributed by atoms with Crippen molar-refractivity contribution in [2.45, 2.75) is 176 Å². The minimum Gasteiger partial charge on any atom is -0.103 e. The van der Waals surface area contributed by atoms with Gasteiger partial charge in [0.1, 0.15) is 0 Å². The molecule has 0 saturated heterocycles. The Hall–Kier alpha value is -2.88. The highest BCUT2D eigenvalue weighted by Gasteiger charge is 2.12. The van der Waals surface area contributed by atoms with Gasteiger partial charge in [0.15, 0.2) is 0 Å². The van der Waals surface area contributed by atoms with E-state index in [2.05, 4.69) is 209 Å². The van der Waals surface area contributed by atoms with Gasteiger partial charge in [-0.25, -0.2) is 0 Å². The summed E-state index contributed by atoms with van der Waals surface area (Å²) in [5.41, 5.74) is 7.50. The van der Waals surface area contributed by atoms with Crippen molar-refractivity contribution >= 4 is 0 Å². The normalized spacial score (nSPS) is 12.0. The predicted octanol–water partition coefficient (Wildman–Crippen LogP) is 14.4. The molecular formula is C50H78. The second kappa shape index (κ2) is 20.8. The fourth-order valence-corrected chi connectivity index (χ4v) is 4.41. The maximum Gasteiger partial charge on any atom is 0.0340 e. The van der Waals surface area contributed by atoms with Crippen LogP contribution in [0.3, 0.4) is 0 Å². The van der Waals surface area contributed by atoms with Crippen LogP contribution in [0.4, 0.5) is 0 Å². The van der Waals surface area contributed by atoms with Gasteiger partial charge in [-0.05, 0) is 67.6 Å². The summed E-state index contributed by atoms with van der Waals surface area (Å²) < 4.78 is 0. The van der Waals surface area contributed by atoms with E-state index >= 15 is 0 Å². The Morgan fingerprint density at radius 3 is 0.680 bits per heavy atom. The topological polar surface area (TPSA) is 0 Å². The lowest BCUT2D eigenvalue weighted by Crippen LogP contribution is -2.08. The molecule has 2 rings (SSSR count). The smallest absolute Gasteiger partial charge is 0.0340 e. The highest BCUT2D eigenvalue weighted by molar-refractivity contribution is 5.27. The fraction of sp³-hybridized carbons (Fsp3) is 0.640. The van der Waals surface area contributed by atoms with Crippen LogP contribution < -0.4 is 0 Å². The van der Waals surface area contributed by atoms with E-state index in [9.17, 15) is 0 Å². The molecule has 0 nitrogen and oxygen atoms in total. The molecule has 0 saturated carbocycles. The SMILES string of the molecule is CC(C)(C)CC#CCC(C)(C)C.CC(C)(C)CC#CCc1ccc(CC(C)(C)C)cc1.CC(C)(C)CC#CCc1ccc(CC(C)(C)C)cc1. The summed E-state index contributed by atoms with van der Waals surface area (Å²) in [5, 5.41) is 0.